The van der Waals surface area contributed by atoms with Crippen LogP contribution >= 0.6 is 7.60 Å². The summed E-state index contributed by atoms with van der Waals surface area (Å²) in [6.07, 6.45) is 2.76. The number of phenolic OH excluding ortho intramolecular Hbond substituents is 1. The average molecular weight is 396 g/mol. The van der Waals surface area contributed by atoms with Crippen molar-refractivity contribution in [3.05, 3.63) is 36.5 Å². The van der Waals surface area contributed by atoms with Crippen LogP contribution in [0.3, 0.4) is 0 Å². The van der Waals surface area contributed by atoms with Gasteiger partial charge in [-0.2, -0.15) is 4.62 Å². The number of pyridine rings is 1. The van der Waals surface area contributed by atoms with E-state index in [1.165, 1.54) is 26.4 Å². The topological polar surface area (TPSA) is 99.1 Å². The molecule has 1 atom stereocenters. The third kappa shape index (κ3) is 5.05. The van der Waals surface area contributed by atoms with Gasteiger partial charge in [0.05, 0.1) is 19.9 Å². The lowest BCUT2D eigenvalue weighted by molar-refractivity contribution is 0.299. The van der Waals surface area contributed by atoms with Crippen LogP contribution in [0.25, 0.3) is 0 Å². The SMILES string of the molecule is CCC(CC)P(=O)(ONc1ccccn1)Oc1cc(OC)c(O)c(OC)c1. The van der Waals surface area contributed by atoms with Crippen molar-refractivity contribution in [1.29, 1.82) is 0 Å². The maximum absolute atomic E-state index is 13.5. The molecule has 1 unspecified atom stereocenters. The lowest BCUT2D eigenvalue weighted by atomic mass is 10.3. The van der Waals surface area contributed by atoms with E-state index in [-0.39, 0.29) is 28.7 Å². The Morgan fingerprint density at radius 2 is 1.78 bits per heavy atom. The molecule has 0 saturated heterocycles. The Balaban J connectivity index is 2.33. The van der Waals surface area contributed by atoms with Crippen LogP contribution < -0.4 is 19.5 Å². The van der Waals surface area contributed by atoms with Gasteiger partial charge in [0.15, 0.2) is 11.5 Å². The Kier molecular flexibility index (Phi) is 7.33. The summed E-state index contributed by atoms with van der Waals surface area (Å²) in [5, 5.41) is 10.0. The van der Waals surface area contributed by atoms with Crippen molar-refractivity contribution < 1.29 is 28.3 Å². The first kappa shape index (κ1) is 20.9. The van der Waals surface area contributed by atoms with Gasteiger partial charge < -0.3 is 19.1 Å². The van der Waals surface area contributed by atoms with E-state index in [1.807, 2.05) is 13.8 Å². The predicted molar refractivity (Wildman–Crippen MR) is 103 cm³/mol. The number of benzene rings is 1. The number of phenols is 1. The first-order valence-electron chi connectivity index (χ1n) is 8.57. The van der Waals surface area contributed by atoms with Crippen molar-refractivity contribution in [3.8, 4) is 23.0 Å². The molecule has 2 rings (SSSR count). The lowest BCUT2D eigenvalue weighted by Crippen LogP contribution is -2.16. The summed E-state index contributed by atoms with van der Waals surface area (Å²) in [5.74, 6) is 0.709. The number of hydrogen-bond acceptors (Lipinski definition) is 8. The first-order chi connectivity index (χ1) is 13.0. The van der Waals surface area contributed by atoms with Crippen molar-refractivity contribution in [3.63, 3.8) is 0 Å². The summed E-state index contributed by atoms with van der Waals surface area (Å²) in [7, 11) is -0.835. The van der Waals surface area contributed by atoms with Gasteiger partial charge in [-0.3, -0.25) is 0 Å². The number of methoxy groups -OCH3 is 2. The second-order valence-corrected chi connectivity index (χ2v) is 7.86. The summed E-state index contributed by atoms with van der Waals surface area (Å²) in [5.41, 5.74) is 2.26. The number of rotatable bonds is 10. The van der Waals surface area contributed by atoms with Crippen molar-refractivity contribution in [2.45, 2.75) is 32.3 Å². The minimum Gasteiger partial charge on any atom is -0.502 e. The van der Waals surface area contributed by atoms with Gasteiger partial charge in [0, 0.05) is 18.3 Å². The van der Waals surface area contributed by atoms with Crippen molar-refractivity contribution >= 4 is 13.4 Å². The van der Waals surface area contributed by atoms with Gasteiger partial charge in [-0.15, -0.1) is 0 Å². The third-order valence-electron chi connectivity index (χ3n) is 4.02. The molecule has 2 N–H and O–H groups in total. The summed E-state index contributed by atoms with van der Waals surface area (Å²) >= 11 is 0. The van der Waals surface area contributed by atoms with Crippen LogP contribution in [-0.4, -0.2) is 30.0 Å². The minimum atomic E-state index is -3.64. The van der Waals surface area contributed by atoms with Crippen LogP contribution in [0, 0.1) is 0 Å². The molecule has 0 aliphatic carbocycles. The molecular formula is C18H25N2O6P. The summed E-state index contributed by atoms with van der Waals surface area (Å²) in [4.78, 5) is 4.08. The minimum absolute atomic E-state index is 0.137. The Morgan fingerprint density at radius 3 is 2.26 bits per heavy atom. The largest absolute Gasteiger partial charge is 0.502 e. The van der Waals surface area contributed by atoms with Gasteiger partial charge in [0.1, 0.15) is 11.6 Å². The average Bonchev–Trinajstić information content (AvgIpc) is 2.69. The number of anilines is 1. The second kappa shape index (κ2) is 9.48. The van der Waals surface area contributed by atoms with E-state index < -0.39 is 7.60 Å². The van der Waals surface area contributed by atoms with E-state index in [1.54, 1.807) is 24.4 Å². The molecule has 9 heteroatoms. The highest BCUT2D eigenvalue weighted by molar-refractivity contribution is 7.55. The Hall–Kier alpha value is -2.44. The molecule has 0 amide bonds. The van der Waals surface area contributed by atoms with Gasteiger partial charge in [0.25, 0.3) is 0 Å². The summed E-state index contributed by atoms with van der Waals surface area (Å²) in [6, 6.07) is 8.08. The van der Waals surface area contributed by atoms with Gasteiger partial charge in [-0.25, -0.2) is 15.0 Å². The molecule has 0 aliphatic rings. The highest BCUT2D eigenvalue weighted by atomic mass is 31.2. The van der Waals surface area contributed by atoms with E-state index in [4.69, 9.17) is 18.6 Å². The molecule has 0 aliphatic heterocycles. The monoisotopic (exact) mass is 396 g/mol. The van der Waals surface area contributed by atoms with E-state index in [9.17, 15) is 9.67 Å². The fourth-order valence-corrected chi connectivity index (χ4v) is 4.36. The smallest absolute Gasteiger partial charge is 0.403 e. The second-order valence-electron chi connectivity index (χ2n) is 5.69. The number of aromatic hydroxyl groups is 1. The fraction of sp³-hybridized carbons (Fsp3) is 0.389. The highest BCUT2D eigenvalue weighted by Gasteiger charge is 2.37. The fourth-order valence-electron chi connectivity index (χ4n) is 2.51. The predicted octanol–water partition coefficient (Wildman–Crippen LogP) is 4.61. The van der Waals surface area contributed by atoms with Crippen molar-refractivity contribution in [2.24, 2.45) is 0 Å². The van der Waals surface area contributed by atoms with Gasteiger partial charge in [-0.05, 0) is 25.0 Å². The van der Waals surface area contributed by atoms with E-state index in [0.717, 1.165) is 0 Å². The van der Waals surface area contributed by atoms with E-state index in [2.05, 4.69) is 10.5 Å². The Bertz CT molecular complexity index is 758. The molecule has 0 spiro atoms. The number of aromatic nitrogens is 1. The van der Waals surface area contributed by atoms with Gasteiger partial charge in [-0.1, -0.05) is 19.9 Å². The molecule has 27 heavy (non-hydrogen) atoms. The van der Waals surface area contributed by atoms with Crippen LogP contribution in [0.15, 0.2) is 36.5 Å². The van der Waals surface area contributed by atoms with Gasteiger partial charge in [0.2, 0.25) is 5.75 Å². The Labute approximate surface area is 158 Å². The van der Waals surface area contributed by atoms with Crippen LogP contribution in [-0.2, 0) is 9.19 Å². The number of nitrogens with one attached hydrogen (secondary N) is 1. The summed E-state index contributed by atoms with van der Waals surface area (Å²) < 4.78 is 35.1. The zero-order valence-electron chi connectivity index (χ0n) is 15.8. The van der Waals surface area contributed by atoms with Crippen molar-refractivity contribution in [2.75, 3.05) is 19.7 Å². The zero-order chi connectivity index (χ0) is 19.9. The molecule has 1 aromatic heterocycles. The highest BCUT2D eigenvalue weighted by Crippen LogP contribution is 2.56. The summed E-state index contributed by atoms with van der Waals surface area (Å²) in [6.45, 7) is 3.82. The van der Waals surface area contributed by atoms with Crippen LogP contribution in [0.5, 0.6) is 23.0 Å². The third-order valence-corrected chi connectivity index (χ3v) is 6.45. The number of hydrogen-bond donors (Lipinski definition) is 2. The molecule has 148 valence electrons. The number of nitrogens with zero attached hydrogens (tertiary/aromatic N) is 1. The molecule has 0 bridgehead atoms. The quantitative estimate of drug-likeness (QED) is 0.444. The van der Waals surface area contributed by atoms with E-state index in [0.29, 0.717) is 18.7 Å². The Morgan fingerprint density at radius 1 is 1.15 bits per heavy atom. The molecular weight excluding hydrogens is 371 g/mol. The first-order valence-corrected chi connectivity index (χ1v) is 10.2. The van der Waals surface area contributed by atoms with Crippen LogP contribution in [0.2, 0.25) is 0 Å². The van der Waals surface area contributed by atoms with Crippen molar-refractivity contribution in [1.82, 2.24) is 4.98 Å². The molecule has 1 heterocycles. The number of ether oxygens (including phenoxy) is 2. The maximum Gasteiger partial charge on any atom is 0.403 e. The molecule has 2 aromatic rings. The molecule has 0 radical (unpaired) electrons. The van der Waals surface area contributed by atoms with E-state index >= 15 is 0 Å². The van der Waals surface area contributed by atoms with Gasteiger partial charge >= 0.3 is 7.60 Å². The standard InChI is InChI=1S/C18H25N2O6P/c1-5-14(6-2)27(22,26-20-17-9-7-8-10-19-17)25-13-11-15(23-3)18(21)16(12-13)24-4/h7-12,14,21H,5-6H2,1-4H3,(H,19,20). The normalized spacial score (nSPS) is 13.1. The maximum atomic E-state index is 13.5. The molecule has 1 aromatic carbocycles. The molecule has 8 nitrogen and oxygen atoms in total. The molecule has 0 fully saturated rings. The zero-order valence-corrected chi connectivity index (χ0v) is 16.7. The van der Waals surface area contributed by atoms with Crippen LogP contribution in [0.4, 0.5) is 5.82 Å². The van der Waals surface area contributed by atoms with Crippen LogP contribution in [0.1, 0.15) is 26.7 Å². The lowest BCUT2D eigenvalue weighted by Gasteiger charge is -2.26. The molecule has 0 saturated carbocycles.